The molecular formula is C13H15ClN2S. The normalized spacial score (nSPS) is 12.7. The zero-order valence-corrected chi connectivity index (χ0v) is 11.5. The van der Waals surface area contributed by atoms with E-state index in [0.717, 1.165) is 33.3 Å². The van der Waals surface area contributed by atoms with E-state index in [1.807, 2.05) is 32.0 Å². The number of hydrogen-bond donors (Lipinski definition) is 1. The van der Waals surface area contributed by atoms with Gasteiger partial charge >= 0.3 is 0 Å². The van der Waals surface area contributed by atoms with E-state index >= 15 is 0 Å². The second kappa shape index (κ2) is 5.17. The molecule has 0 aliphatic rings. The third-order valence-electron chi connectivity index (χ3n) is 2.65. The minimum Gasteiger partial charge on any atom is -0.324 e. The SMILES string of the molecule is Cc1ccc(C(N)Cc2csc(C)n2)c(Cl)c1. The van der Waals surface area contributed by atoms with Gasteiger partial charge in [-0.1, -0.05) is 23.7 Å². The van der Waals surface area contributed by atoms with Gasteiger partial charge in [0, 0.05) is 22.9 Å². The Morgan fingerprint density at radius 3 is 2.76 bits per heavy atom. The molecule has 2 aromatic rings. The molecule has 0 saturated heterocycles. The lowest BCUT2D eigenvalue weighted by atomic mass is 10.0. The summed E-state index contributed by atoms with van der Waals surface area (Å²) in [6, 6.07) is 5.89. The van der Waals surface area contributed by atoms with Crippen LogP contribution in [0.15, 0.2) is 23.6 Å². The fraction of sp³-hybridized carbons (Fsp3) is 0.308. The first-order valence-electron chi connectivity index (χ1n) is 5.49. The summed E-state index contributed by atoms with van der Waals surface area (Å²) in [6.07, 6.45) is 0.729. The van der Waals surface area contributed by atoms with Crippen LogP contribution < -0.4 is 5.73 Å². The van der Waals surface area contributed by atoms with Crippen LogP contribution in [0.2, 0.25) is 5.02 Å². The molecule has 2 N–H and O–H groups in total. The fourth-order valence-corrected chi connectivity index (χ4v) is 2.77. The van der Waals surface area contributed by atoms with Crippen molar-refractivity contribution in [1.82, 2.24) is 4.98 Å². The highest BCUT2D eigenvalue weighted by Gasteiger charge is 2.12. The van der Waals surface area contributed by atoms with Crippen LogP contribution in [0.4, 0.5) is 0 Å². The molecule has 0 aliphatic heterocycles. The van der Waals surface area contributed by atoms with E-state index in [1.165, 1.54) is 0 Å². The van der Waals surface area contributed by atoms with Crippen molar-refractivity contribution >= 4 is 22.9 Å². The highest BCUT2D eigenvalue weighted by molar-refractivity contribution is 7.09. The Labute approximate surface area is 110 Å². The lowest BCUT2D eigenvalue weighted by Crippen LogP contribution is -2.14. The maximum absolute atomic E-state index is 6.20. The topological polar surface area (TPSA) is 38.9 Å². The van der Waals surface area contributed by atoms with Gasteiger partial charge in [-0.2, -0.15) is 0 Å². The van der Waals surface area contributed by atoms with E-state index in [-0.39, 0.29) is 6.04 Å². The largest absolute Gasteiger partial charge is 0.324 e. The van der Waals surface area contributed by atoms with Crippen LogP contribution in [0.5, 0.6) is 0 Å². The first-order chi connectivity index (χ1) is 8.06. The number of rotatable bonds is 3. The Morgan fingerprint density at radius 2 is 2.18 bits per heavy atom. The maximum atomic E-state index is 6.20. The van der Waals surface area contributed by atoms with Gasteiger partial charge in [0.1, 0.15) is 0 Å². The van der Waals surface area contributed by atoms with Crippen LogP contribution in [0.1, 0.15) is 27.9 Å². The fourth-order valence-electron chi connectivity index (χ4n) is 1.77. The molecule has 1 heterocycles. The zero-order chi connectivity index (χ0) is 12.4. The Bertz CT molecular complexity index is 522. The Hall–Kier alpha value is -0.900. The average molecular weight is 267 g/mol. The van der Waals surface area contributed by atoms with Gasteiger partial charge in [-0.15, -0.1) is 11.3 Å². The number of aryl methyl sites for hydroxylation is 2. The Kier molecular flexibility index (Phi) is 3.82. The molecule has 1 unspecified atom stereocenters. The Morgan fingerprint density at radius 1 is 1.41 bits per heavy atom. The van der Waals surface area contributed by atoms with Crippen LogP contribution in [0.3, 0.4) is 0 Å². The summed E-state index contributed by atoms with van der Waals surface area (Å²) in [4.78, 5) is 4.42. The van der Waals surface area contributed by atoms with Gasteiger partial charge < -0.3 is 5.73 Å². The number of hydrogen-bond acceptors (Lipinski definition) is 3. The second-order valence-corrected chi connectivity index (χ2v) is 5.66. The van der Waals surface area contributed by atoms with E-state index in [0.29, 0.717) is 0 Å². The predicted octanol–water partition coefficient (Wildman–Crippen LogP) is 3.66. The van der Waals surface area contributed by atoms with Gasteiger partial charge in [0.15, 0.2) is 0 Å². The first kappa shape index (κ1) is 12.6. The number of benzene rings is 1. The van der Waals surface area contributed by atoms with Crippen LogP contribution in [0, 0.1) is 13.8 Å². The molecule has 4 heteroatoms. The summed E-state index contributed by atoms with van der Waals surface area (Å²) >= 11 is 7.85. The molecule has 0 aliphatic carbocycles. The van der Waals surface area contributed by atoms with E-state index in [9.17, 15) is 0 Å². The molecule has 1 atom stereocenters. The maximum Gasteiger partial charge on any atom is 0.0897 e. The van der Waals surface area contributed by atoms with Gasteiger partial charge in [-0.3, -0.25) is 0 Å². The summed E-state index contributed by atoms with van der Waals surface area (Å²) in [6.45, 7) is 4.02. The number of halogens is 1. The van der Waals surface area contributed by atoms with Crippen molar-refractivity contribution in [1.29, 1.82) is 0 Å². The van der Waals surface area contributed by atoms with E-state index in [1.54, 1.807) is 11.3 Å². The Balaban J connectivity index is 2.17. The minimum absolute atomic E-state index is 0.0930. The summed E-state index contributed by atoms with van der Waals surface area (Å²) in [5, 5.41) is 3.86. The third kappa shape index (κ3) is 3.06. The van der Waals surface area contributed by atoms with Crippen molar-refractivity contribution in [3.05, 3.63) is 50.4 Å². The molecule has 17 heavy (non-hydrogen) atoms. The minimum atomic E-state index is -0.0930. The molecule has 2 rings (SSSR count). The van der Waals surface area contributed by atoms with Crippen molar-refractivity contribution in [2.75, 3.05) is 0 Å². The van der Waals surface area contributed by atoms with Crippen LogP contribution in [0.25, 0.3) is 0 Å². The van der Waals surface area contributed by atoms with Gasteiger partial charge in [-0.05, 0) is 31.0 Å². The number of thiazole rings is 1. The van der Waals surface area contributed by atoms with Gasteiger partial charge in [0.05, 0.1) is 10.7 Å². The molecule has 0 bridgehead atoms. The molecule has 0 fully saturated rings. The second-order valence-electron chi connectivity index (χ2n) is 4.19. The lowest BCUT2D eigenvalue weighted by molar-refractivity contribution is 0.709. The monoisotopic (exact) mass is 266 g/mol. The summed E-state index contributed by atoms with van der Waals surface area (Å²) in [5.74, 6) is 0. The molecule has 1 aromatic heterocycles. The molecule has 1 aromatic carbocycles. The van der Waals surface area contributed by atoms with E-state index in [4.69, 9.17) is 17.3 Å². The summed E-state index contributed by atoms with van der Waals surface area (Å²) < 4.78 is 0. The molecule has 90 valence electrons. The highest BCUT2D eigenvalue weighted by Crippen LogP contribution is 2.25. The number of aromatic nitrogens is 1. The smallest absolute Gasteiger partial charge is 0.0897 e. The molecule has 0 spiro atoms. The standard InChI is InChI=1S/C13H15ClN2S/c1-8-3-4-11(12(14)5-8)13(15)6-10-7-17-9(2)16-10/h3-5,7,13H,6,15H2,1-2H3. The molecular weight excluding hydrogens is 252 g/mol. The van der Waals surface area contributed by atoms with Crippen molar-refractivity contribution in [3.63, 3.8) is 0 Å². The van der Waals surface area contributed by atoms with Crippen molar-refractivity contribution in [3.8, 4) is 0 Å². The predicted molar refractivity (Wildman–Crippen MR) is 73.7 cm³/mol. The van der Waals surface area contributed by atoms with Gasteiger partial charge in [-0.25, -0.2) is 4.98 Å². The van der Waals surface area contributed by atoms with Crippen molar-refractivity contribution in [2.45, 2.75) is 26.3 Å². The highest BCUT2D eigenvalue weighted by atomic mass is 35.5. The third-order valence-corrected chi connectivity index (χ3v) is 3.80. The van der Waals surface area contributed by atoms with Crippen LogP contribution in [-0.2, 0) is 6.42 Å². The van der Waals surface area contributed by atoms with Crippen molar-refractivity contribution < 1.29 is 0 Å². The summed E-state index contributed by atoms with van der Waals surface area (Å²) in [5.41, 5.74) is 9.34. The quantitative estimate of drug-likeness (QED) is 0.921. The molecule has 0 amide bonds. The van der Waals surface area contributed by atoms with Crippen LogP contribution in [-0.4, -0.2) is 4.98 Å². The average Bonchev–Trinajstić information content (AvgIpc) is 2.63. The van der Waals surface area contributed by atoms with E-state index < -0.39 is 0 Å². The van der Waals surface area contributed by atoms with E-state index in [2.05, 4.69) is 10.4 Å². The lowest BCUT2D eigenvalue weighted by Gasteiger charge is -2.12. The number of nitrogens with two attached hydrogens (primary N) is 1. The molecule has 0 radical (unpaired) electrons. The zero-order valence-electron chi connectivity index (χ0n) is 9.90. The number of nitrogens with zero attached hydrogens (tertiary/aromatic N) is 1. The summed E-state index contributed by atoms with van der Waals surface area (Å²) in [7, 11) is 0. The first-order valence-corrected chi connectivity index (χ1v) is 6.74. The van der Waals surface area contributed by atoms with Crippen LogP contribution >= 0.6 is 22.9 Å². The van der Waals surface area contributed by atoms with Crippen molar-refractivity contribution in [2.24, 2.45) is 5.73 Å². The van der Waals surface area contributed by atoms with Gasteiger partial charge in [0.2, 0.25) is 0 Å². The van der Waals surface area contributed by atoms with Gasteiger partial charge in [0.25, 0.3) is 0 Å². The molecule has 0 saturated carbocycles. The molecule has 2 nitrogen and oxygen atoms in total.